The maximum atomic E-state index is 5.45. The second kappa shape index (κ2) is 4.70. The van der Waals surface area contributed by atoms with Crippen molar-refractivity contribution >= 4 is 22.8 Å². The van der Waals surface area contributed by atoms with Crippen LogP contribution in [-0.4, -0.2) is 13.4 Å². The van der Waals surface area contributed by atoms with Gasteiger partial charge >= 0.3 is 0 Å². The lowest BCUT2D eigenvalue weighted by Gasteiger charge is -2.11. The lowest BCUT2D eigenvalue weighted by Crippen LogP contribution is -1.94. The number of ether oxygens (including phenoxy) is 1. The van der Waals surface area contributed by atoms with E-state index in [1.165, 1.54) is 6.34 Å². The lowest BCUT2D eigenvalue weighted by atomic mass is 10.0. The van der Waals surface area contributed by atoms with E-state index in [0.29, 0.717) is 5.70 Å². The number of nitrogens with two attached hydrogens (primary N) is 1. The van der Waals surface area contributed by atoms with Gasteiger partial charge in [-0.05, 0) is 11.5 Å². The van der Waals surface area contributed by atoms with Gasteiger partial charge in [0, 0.05) is 10.9 Å². The Morgan fingerprint density at radius 2 is 2.06 bits per heavy atom. The minimum absolute atomic E-state index is 0.593. The summed E-state index contributed by atoms with van der Waals surface area (Å²) >= 11 is 0. The van der Waals surface area contributed by atoms with Gasteiger partial charge in [0.15, 0.2) is 0 Å². The zero-order valence-electron chi connectivity index (χ0n) is 9.68. The van der Waals surface area contributed by atoms with Crippen molar-refractivity contribution in [3.05, 3.63) is 48.5 Å². The van der Waals surface area contributed by atoms with Gasteiger partial charge in [-0.1, -0.05) is 36.9 Å². The largest absolute Gasteiger partial charge is 0.495 e. The highest BCUT2D eigenvalue weighted by Crippen LogP contribution is 2.33. The Morgan fingerprint density at radius 3 is 2.76 bits per heavy atom. The first-order valence-electron chi connectivity index (χ1n) is 5.27. The molecule has 0 saturated heterocycles. The van der Waals surface area contributed by atoms with E-state index >= 15 is 0 Å². The molecule has 3 heteroatoms. The summed E-state index contributed by atoms with van der Waals surface area (Å²) in [6, 6.07) is 12.0. The Labute approximate surface area is 100 Å². The van der Waals surface area contributed by atoms with Crippen LogP contribution in [0.1, 0.15) is 5.56 Å². The van der Waals surface area contributed by atoms with E-state index in [1.807, 2.05) is 36.4 Å². The van der Waals surface area contributed by atoms with Crippen LogP contribution in [0.2, 0.25) is 0 Å². The Hall–Kier alpha value is -2.29. The second-order valence-electron chi connectivity index (χ2n) is 3.59. The second-order valence-corrected chi connectivity index (χ2v) is 3.59. The van der Waals surface area contributed by atoms with Gasteiger partial charge in [0.05, 0.1) is 19.1 Å². The Bertz CT molecular complexity index is 588. The van der Waals surface area contributed by atoms with Crippen molar-refractivity contribution in [2.24, 2.45) is 10.7 Å². The van der Waals surface area contributed by atoms with Crippen molar-refractivity contribution in [1.82, 2.24) is 0 Å². The molecule has 17 heavy (non-hydrogen) atoms. The normalized spacial score (nSPS) is 10.9. The molecule has 0 aromatic heterocycles. The number of aliphatic imine (C=N–C) groups is 1. The fraction of sp³-hybridized carbons (Fsp3) is 0.0714. The number of fused-ring (bicyclic) bond motifs is 1. The highest BCUT2D eigenvalue weighted by Gasteiger charge is 2.09. The minimum atomic E-state index is 0.593. The molecule has 0 bridgehead atoms. The van der Waals surface area contributed by atoms with Crippen molar-refractivity contribution in [2.75, 3.05) is 7.11 Å². The average Bonchev–Trinajstić information content (AvgIpc) is 2.37. The molecule has 0 heterocycles. The number of hydrogen-bond donors (Lipinski definition) is 1. The van der Waals surface area contributed by atoms with Crippen LogP contribution in [0.15, 0.2) is 48.0 Å². The van der Waals surface area contributed by atoms with Gasteiger partial charge in [0.1, 0.15) is 5.75 Å². The van der Waals surface area contributed by atoms with Crippen LogP contribution in [0, 0.1) is 0 Å². The van der Waals surface area contributed by atoms with Crippen LogP contribution in [-0.2, 0) is 0 Å². The molecule has 3 nitrogen and oxygen atoms in total. The number of hydrogen-bond acceptors (Lipinski definition) is 2. The van der Waals surface area contributed by atoms with Crippen LogP contribution in [0.5, 0.6) is 5.75 Å². The summed E-state index contributed by atoms with van der Waals surface area (Å²) in [4.78, 5) is 3.99. The van der Waals surface area contributed by atoms with Gasteiger partial charge < -0.3 is 10.5 Å². The summed E-state index contributed by atoms with van der Waals surface area (Å²) in [6.07, 6.45) is 1.23. The van der Waals surface area contributed by atoms with Gasteiger partial charge in [-0.2, -0.15) is 0 Å². The highest BCUT2D eigenvalue weighted by atomic mass is 16.5. The maximum Gasteiger partial charge on any atom is 0.136 e. The molecule has 0 aliphatic carbocycles. The predicted octanol–water partition coefficient (Wildman–Crippen LogP) is 2.81. The first-order chi connectivity index (χ1) is 8.27. The topological polar surface area (TPSA) is 47.6 Å². The molecule has 2 rings (SSSR count). The third-order valence-corrected chi connectivity index (χ3v) is 2.62. The predicted molar refractivity (Wildman–Crippen MR) is 72.2 cm³/mol. The summed E-state index contributed by atoms with van der Waals surface area (Å²) < 4.78 is 5.45. The molecule has 0 aliphatic heterocycles. The van der Waals surface area contributed by atoms with Gasteiger partial charge in [-0.25, -0.2) is 4.99 Å². The van der Waals surface area contributed by atoms with Crippen molar-refractivity contribution in [3.8, 4) is 5.75 Å². The molecule has 0 fully saturated rings. The van der Waals surface area contributed by atoms with Crippen LogP contribution < -0.4 is 10.5 Å². The summed E-state index contributed by atoms with van der Waals surface area (Å²) in [5.74, 6) is 0.777. The van der Waals surface area contributed by atoms with E-state index in [4.69, 9.17) is 10.5 Å². The van der Waals surface area contributed by atoms with Gasteiger partial charge in [-0.3, -0.25) is 0 Å². The smallest absolute Gasteiger partial charge is 0.136 e. The zero-order chi connectivity index (χ0) is 12.3. The maximum absolute atomic E-state index is 5.45. The standard InChI is InChI=1S/C14H14N2O/c1-10(16-9-15)12-8-7-11-5-3-4-6-13(11)14(12)17-2/h3-9H,1H2,2H3,(H2,15,16). The molecule has 0 radical (unpaired) electrons. The van der Waals surface area contributed by atoms with Crippen molar-refractivity contribution in [2.45, 2.75) is 0 Å². The summed E-state index contributed by atoms with van der Waals surface area (Å²) in [5, 5.41) is 2.17. The monoisotopic (exact) mass is 226 g/mol. The molecule has 0 spiro atoms. The third-order valence-electron chi connectivity index (χ3n) is 2.62. The SMILES string of the molecule is C=C(N=CN)c1ccc2ccccc2c1OC. The van der Waals surface area contributed by atoms with Crippen LogP contribution in [0.3, 0.4) is 0 Å². The van der Waals surface area contributed by atoms with E-state index in [2.05, 4.69) is 11.6 Å². The molecule has 0 saturated carbocycles. The van der Waals surface area contributed by atoms with E-state index in [0.717, 1.165) is 22.1 Å². The number of benzene rings is 2. The van der Waals surface area contributed by atoms with Crippen LogP contribution in [0.25, 0.3) is 16.5 Å². The van der Waals surface area contributed by atoms with Crippen LogP contribution in [0.4, 0.5) is 0 Å². The van der Waals surface area contributed by atoms with E-state index < -0.39 is 0 Å². The molecule has 2 aromatic carbocycles. The molecule has 0 amide bonds. The average molecular weight is 226 g/mol. The van der Waals surface area contributed by atoms with Gasteiger partial charge in [0.2, 0.25) is 0 Å². The third kappa shape index (κ3) is 1.99. The summed E-state index contributed by atoms with van der Waals surface area (Å²) in [6.45, 7) is 3.87. The molecule has 2 N–H and O–H groups in total. The van der Waals surface area contributed by atoms with E-state index in [1.54, 1.807) is 7.11 Å². The molecular weight excluding hydrogens is 212 g/mol. The van der Waals surface area contributed by atoms with E-state index in [9.17, 15) is 0 Å². The Kier molecular flexibility index (Phi) is 3.10. The molecule has 2 aromatic rings. The lowest BCUT2D eigenvalue weighted by molar-refractivity contribution is 0.418. The fourth-order valence-corrected chi connectivity index (χ4v) is 1.85. The van der Waals surface area contributed by atoms with Crippen LogP contribution >= 0.6 is 0 Å². The minimum Gasteiger partial charge on any atom is -0.495 e. The number of nitrogens with zero attached hydrogens (tertiary/aromatic N) is 1. The number of methoxy groups -OCH3 is 1. The molecule has 0 unspecified atom stereocenters. The fourth-order valence-electron chi connectivity index (χ4n) is 1.85. The molecular formula is C14H14N2O. The molecule has 0 aliphatic rings. The first kappa shape index (κ1) is 11.2. The highest BCUT2D eigenvalue weighted by molar-refractivity contribution is 5.93. The summed E-state index contributed by atoms with van der Waals surface area (Å²) in [5.41, 5.74) is 6.72. The molecule has 86 valence electrons. The van der Waals surface area contributed by atoms with Crippen molar-refractivity contribution < 1.29 is 4.74 Å². The van der Waals surface area contributed by atoms with Gasteiger partial charge in [-0.15, -0.1) is 0 Å². The first-order valence-corrected chi connectivity index (χ1v) is 5.27. The van der Waals surface area contributed by atoms with E-state index in [-0.39, 0.29) is 0 Å². The zero-order valence-corrected chi connectivity index (χ0v) is 9.68. The number of rotatable bonds is 3. The van der Waals surface area contributed by atoms with Crippen molar-refractivity contribution in [3.63, 3.8) is 0 Å². The molecule has 0 atom stereocenters. The Morgan fingerprint density at radius 1 is 1.29 bits per heavy atom. The quantitative estimate of drug-likeness (QED) is 0.646. The van der Waals surface area contributed by atoms with Gasteiger partial charge in [0.25, 0.3) is 0 Å². The van der Waals surface area contributed by atoms with Crippen molar-refractivity contribution in [1.29, 1.82) is 0 Å². The Balaban J connectivity index is 2.69. The summed E-state index contributed by atoms with van der Waals surface area (Å²) in [7, 11) is 1.64.